The summed E-state index contributed by atoms with van der Waals surface area (Å²) in [4.78, 5) is 8.37. The van der Waals surface area contributed by atoms with E-state index in [0.717, 1.165) is 32.0 Å². The van der Waals surface area contributed by atoms with Crippen LogP contribution in [0.3, 0.4) is 0 Å². The van der Waals surface area contributed by atoms with Crippen LogP contribution in [0, 0.1) is 0 Å². The van der Waals surface area contributed by atoms with Gasteiger partial charge in [-0.1, -0.05) is 6.07 Å². The van der Waals surface area contributed by atoms with Gasteiger partial charge in [-0.05, 0) is 18.1 Å². The Bertz CT molecular complexity index is 307. The van der Waals surface area contributed by atoms with Crippen molar-refractivity contribution < 1.29 is 0 Å². The van der Waals surface area contributed by atoms with Gasteiger partial charge in [-0.2, -0.15) is 0 Å². The third-order valence-corrected chi connectivity index (χ3v) is 2.08. The maximum atomic E-state index is 4.32. The number of nitrogens with zero attached hydrogens (tertiary/aromatic N) is 2. The first-order valence-corrected chi connectivity index (χ1v) is 4.86. The molecule has 0 aliphatic carbocycles. The minimum Gasteiger partial charge on any atom is -0.356 e. The zero-order valence-corrected chi connectivity index (χ0v) is 8.03. The van der Waals surface area contributed by atoms with E-state index < -0.39 is 0 Å². The molecule has 0 spiro atoms. The van der Waals surface area contributed by atoms with Gasteiger partial charge in [-0.15, -0.1) is 0 Å². The lowest BCUT2D eigenvalue weighted by atomic mass is 10.3. The Morgan fingerprint density at radius 1 is 1.50 bits per heavy atom. The first-order chi connectivity index (χ1) is 6.95. The first kappa shape index (κ1) is 8.99. The van der Waals surface area contributed by atoms with Crippen molar-refractivity contribution in [2.75, 3.05) is 13.1 Å². The molecule has 0 amide bonds. The third kappa shape index (κ3) is 2.45. The number of hydrogen-bond acceptors (Lipinski definition) is 4. The van der Waals surface area contributed by atoms with Crippen molar-refractivity contribution in [1.29, 1.82) is 0 Å². The Balaban J connectivity index is 1.85. The number of guanidine groups is 1. The SMILES string of the molecule is c1cncc(CNC2=NCCCN2)c1. The van der Waals surface area contributed by atoms with Crippen molar-refractivity contribution >= 4 is 5.96 Å². The minimum absolute atomic E-state index is 0.777. The number of aliphatic imine (C=N–C) groups is 1. The molecule has 4 heteroatoms. The molecular formula is C10H14N4. The molecule has 0 radical (unpaired) electrons. The molecule has 2 rings (SSSR count). The zero-order chi connectivity index (χ0) is 9.64. The average molecular weight is 190 g/mol. The molecule has 0 aromatic carbocycles. The second-order valence-electron chi connectivity index (χ2n) is 3.23. The molecule has 2 heterocycles. The molecule has 4 nitrogen and oxygen atoms in total. The summed E-state index contributed by atoms with van der Waals surface area (Å²) in [6.45, 7) is 2.71. The predicted octanol–water partition coefficient (Wildman–Crippen LogP) is 0.520. The molecule has 0 unspecified atom stereocenters. The second-order valence-corrected chi connectivity index (χ2v) is 3.23. The Kier molecular flexibility index (Phi) is 2.95. The van der Waals surface area contributed by atoms with E-state index in [9.17, 15) is 0 Å². The van der Waals surface area contributed by atoms with Crippen LogP contribution in [-0.4, -0.2) is 24.0 Å². The van der Waals surface area contributed by atoms with Crippen LogP contribution in [0.1, 0.15) is 12.0 Å². The van der Waals surface area contributed by atoms with Gasteiger partial charge in [-0.25, -0.2) is 0 Å². The highest BCUT2D eigenvalue weighted by molar-refractivity contribution is 5.80. The fraction of sp³-hybridized carbons (Fsp3) is 0.400. The molecule has 2 N–H and O–H groups in total. The van der Waals surface area contributed by atoms with Crippen LogP contribution in [0.2, 0.25) is 0 Å². The molecule has 0 fully saturated rings. The number of aromatic nitrogens is 1. The highest BCUT2D eigenvalue weighted by atomic mass is 15.2. The number of hydrogen-bond donors (Lipinski definition) is 2. The van der Waals surface area contributed by atoms with Crippen molar-refractivity contribution in [3.8, 4) is 0 Å². The largest absolute Gasteiger partial charge is 0.356 e. The van der Waals surface area contributed by atoms with Gasteiger partial charge in [0.25, 0.3) is 0 Å². The fourth-order valence-corrected chi connectivity index (χ4v) is 1.34. The van der Waals surface area contributed by atoms with Crippen LogP contribution in [0.15, 0.2) is 29.5 Å². The van der Waals surface area contributed by atoms with Crippen LogP contribution in [0.25, 0.3) is 0 Å². The Morgan fingerprint density at radius 3 is 3.21 bits per heavy atom. The van der Waals surface area contributed by atoms with E-state index in [4.69, 9.17) is 0 Å². The molecule has 14 heavy (non-hydrogen) atoms. The third-order valence-electron chi connectivity index (χ3n) is 2.08. The standard InChI is InChI=1S/C10H14N4/c1-3-9(7-11-4-1)8-14-10-12-5-2-6-13-10/h1,3-4,7H,2,5-6,8H2,(H2,12,13,14). The molecule has 1 aromatic rings. The lowest BCUT2D eigenvalue weighted by Crippen LogP contribution is -2.40. The maximum absolute atomic E-state index is 4.32. The summed E-state index contributed by atoms with van der Waals surface area (Å²) in [5, 5.41) is 6.44. The van der Waals surface area contributed by atoms with Gasteiger partial charge in [0.1, 0.15) is 0 Å². The molecule has 0 saturated heterocycles. The van der Waals surface area contributed by atoms with Crippen LogP contribution >= 0.6 is 0 Å². The van der Waals surface area contributed by atoms with Gasteiger partial charge in [-0.3, -0.25) is 9.98 Å². The normalized spacial score (nSPS) is 15.6. The van der Waals surface area contributed by atoms with Crippen LogP contribution in [0.4, 0.5) is 0 Å². The first-order valence-electron chi connectivity index (χ1n) is 4.86. The number of rotatable bonds is 2. The van der Waals surface area contributed by atoms with E-state index in [1.807, 2.05) is 18.3 Å². The zero-order valence-electron chi connectivity index (χ0n) is 8.03. The Hall–Kier alpha value is -1.58. The Morgan fingerprint density at radius 2 is 2.50 bits per heavy atom. The highest BCUT2D eigenvalue weighted by Gasteiger charge is 2.02. The van der Waals surface area contributed by atoms with Crippen molar-refractivity contribution in [1.82, 2.24) is 15.6 Å². The van der Waals surface area contributed by atoms with E-state index in [0.29, 0.717) is 0 Å². The van der Waals surface area contributed by atoms with Crippen LogP contribution < -0.4 is 10.6 Å². The predicted molar refractivity (Wildman–Crippen MR) is 56.0 cm³/mol. The lowest BCUT2D eigenvalue weighted by Gasteiger charge is -2.15. The van der Waals surface area contributed by atoms with E-state index in [-0.39, 0.29) is 0 Å². The monoisotopic (exact) mass is 190 g/mol. The molecule has 0 atom stereocenters. The van der Waals surface area contributed by atoms with Gasteiger partial charge in [0.05, 0.1) is 0 Å². The molecule has 1 aliphatic rings. The molecule has 74 valence electrons. The number of pyridine rings is 1. The summed E-state index contributed by atoms with van der Waals surface area (Å²) in [6.07, 6.45) is 4.76. The Labute approximate surface area is 83.5 Å². The fourth-order valence-electron chi connectivity index (χ4n) is 1.34. The van der Waals surface area contributed by atoms with E-state index in [2.05, 4.69) is 20.6 Å². The maximum Gasteiger partial charge on any atom is 0.191 e. The van der Waals surface area contributed by atoms with Crippen molar-refractivity contribution in [2.24, 2.45) is 4.99 Å². The molecule has 0 bridgehead atoms. The summed E-state index contributed by atoms with van der Waals surface area (Å²) >= 11 is 0. The van der Waals surface area contributed by atoms with Gasteiger partial charge < -0.3 is 10.6 Å². The van der Waals surface area contributed by atoms with Gasteiger partial charge in [0.15, 0.2) is 5.96 Å². The average Bonchev–Trinajstić information content (AvgIpc) is 2.29. The summed E-state index contributed by atoms with van der Waals surface area (Å²) in [5.41, 5.74) is 1.17. The van der Waals surface area contributed by atoms with Gasteiger partial charge >= 0.3 is 0 Å². The van der Waals surface area contributed by atoms with E-state index in [1.54, 1.807) is 6.20 Å². The van der Waals surface area contributed by atoms with Gasteiger partial charge in [0, 0.05) is 32.0 Å². The molecule has 0 saturated carbocycles. The second kappa shape index (κ2) is 4.60. The summed E-state index contributed by atoms with van der Waals surface area (Å²) < 4.78 is 0. The smallest absolute Gasteiger partial charge is 0.191 e. The van der Waals surface area contributed by atoms with E-state index >= 15 is 0 Å². The van der Waals surface area contributed by atoms with Gasteiger partial charge in [0.2, 0.25) is 0 Å². The number of nitrogens with one attached hydrogen (secondary N) is 2. The van der Waals surface area contributed by atoms with Crippen molar-refractivity contribution in [2.45, 2.75) is 13.0 Å². The topological polar surface area (TPSA) is 49.3 Å². The minimum atomic E-state index is 0.777. The summed E-state index contributed by atoms with van der Waals surface area (Å²) in [7, 11) is 0. The van der Waals surface area contributed by atoms with Crippen LogP contribution in [0.5, 0.6) is 0 Å². The van der Waals surface area contributed by atoms with E-state index in [1.165, 1.54) is 5.56 Å². The molecular weight excluding hydrogens is 176 g/mol. The lowest BCUT2D eigenvalue weighted by molar-refractivity contribution is 0.701. The summed E-state index contributed by atoms with van der Waals surface area (Å²) in [6, 6.07) is 3.98. The van der Waals surface area contributed by atoms with Crippen molar-refractivity contribution in [3.05, 3.63) is 30.1 Å². The quantitative estimate of drug-likeness (QED) is 0.715. The van der Waals surface area contributed by atoms with Crippen LogP contribution in [-0.2, 0) is 6.54 Å². The highest BCUT2D eigenvalue weighted by Crippen LogP contribution is 1.95. The molecule has 1 aliphatic heterocycles. The summed E-state index contributed by atoms with van der Waals surface area (Å²) in [5.74, 6) is 0.903. The molecule has 1 aromatic heterocycles. The van der Waals surface area contributed by atoms with Crippen molar-refractivity contribution in [3.63, 3.8) is 0 Å².